The third-order valence-corrected chi connectivity index (χ3v) is 13.7. The molecule has 0 amide bonds. The molecule has 0 aromatic heterocycles. The summed E-state index contributed by atoms with van der Waals surface area (Å²) in [5.41, 5.74) is 2.63. The highest BCUT2D eigenvalue weighted by atomic mass is 16.5. The Labute approximate surface area is 198 Å². The van der Waals surface area contributed by atoms with Crippen LogP contribution in [0.1, 0.15) is 113 Å². The molecule has 0 radical (unpaired) electrons. The van der Waals surface area contributed by atoms with Crippen molar-refractivity contribution >= 4 is 0 Å². The van der Waals surface area contributed by atoms with E-state index in [1.165, 1.54) is 70.8 Å². The molecule has 0 unspecified atom stereocenters. The van der Waals surface area contributed by atoms with Gasteiger partial charge in [-0.25, -0.2) is 0 Å². The molecule has 2 aliphatic heterocycles. The van der Waals surface area contributed by atoms with Gasteiger partial charge in [-0.2, -0.15) is 0 Å². The average molecular weight is 442 g/mol. The van der Waals surface area contributed by atoms with Crippen LogP contribution < -0.4 is 5.32 Å². The quantitative estimate of drug-likeness (QED) is 0.428. The van der Waals surface area contributed by atoms with Crippen LogP contribution in [0.15, 0.2) is 0 Å². The van der Waals surface area contributed by atoms with Gasteiger partial charge < -0.3 is 10.1 Å². The Morgan fingerprint density at radius 3 is 2.25 bits per heavy atom. The van der Waals surface area contributed by atoms with Crippen LogP contribution in [0.25, 0.3) is 0 Å². The van der Waals surface area contributed by atoms with E-state index >= 15 is 0 Å². The maximum absolute atomic E-state index is 6.73. The molecule has 2 saturated heterocycles. The van der Waals surface area contributed by atoms with Crippen LogP contribution in [0.4, 0.5) is 0 Å². The molecule has 1 N–H and O–H groups in total. The monoisotopic (exact) mass is 441 g/mol. The molecule has 0 spiro atoms. The Morgan fingerprint density at radius 1 is 0.719 bits per heavy atom. The molecule has 6 aliphatic rings. The van der Waals surface area contributed by atoms with Crippen LogP contribution in [0, 0.1) is 50.7 Å². The molecule has 182 valence electrons. The van der Waals surface area contributed by atoms with E-state index in [1.54, 1.807) is 0 Å². The second-order valence-electron chi connectivity index (χ2n) is 15.5. The highest BCUT2D eigenvalue weighted by Crippen LogP contribution is 2.77. The summed E-state index contributed by atoms with van der Waals surface area (Å²) in [5.74, 6) is 3.40. The second-order valence-corrected chi connectivity index (χ2v) is 15.5. The lowest BCUT2D eigenvalue weighted by molar-refractivity contribution is -0.231. The van der Waals surface area contributed by atoms with Crippen molar-refractivity contribution in [3.63, 3.8) is 0 Å². The van der Waals surface area contributed by atoms with Crippen molar-refractivity contribution < 1.29 is 4.74 Å². The van der Waals surface area contributed by atoms with Gasteiger partial charge in [0, 0.05) is 5.54 Å². The van der Waals surface area contributed by atoms with Crippen molar-refractivity contribution in [2.45, 2.75) is 124 Å². The second kappa shape index (κ2) is 6.57. The summed E-state index contributed by atoms with van der Waals surface area (Å²) in [6.07, 6.45) is 14.8. The molecule has 2 heterocycles. The topological polar surface area (TPSA) is 21.3 Å². The molecule has 6 rings (SSSR count). The summed E-state index contributed by atoms with van der Waals surface area (Å²) in [5, 5.41) is 3.97. The minimum atomic E-state index is 0.279. The molecule has 2 nitrogen and oxygen atoms in total. The first-order chi connectivity index (χ1) is 14.9. The van der Waals surface area contributed by atoms with Crippen molar-refractivity contribution in [1.29, 1.82) is 0 Å². The predicted molar refractivity (Wildman–Crippen MR) is 132 cm³/mol. The fraction of sp³-hybridized carbons (Fsp3) is 1.00. The molecule has 2 bridgehead atoms. The van der Waals surface area contributed by atoms with E-state index in [9.17, 15) is 0 Å². The summed E-state index contributed by atoms with van der Waals surface area (Å²) >= 11 is 0. The molecule has 4 aliphatic carbocycles. The first-order valence-corrected chi connectivity index (χ1v) is 14.3. The zero-order valence-electron chi connectivity index (χ0n) is 22.3. The van der Waals surface area contributed by atoms with Crippen molar-refractivity contribution in [2.75, 3.05) is 13.2 Å². The summed E-state index contributed by atoms with van der Waals surface area (Å²) in [6.45, 7) is 20.6. The Hall–Kier alpha value is -0.0800. The third-order valence-electron chi connectivity index (χ3n) is 13.7. The smallest absolute Gasteiger partial charge is 0.0663 e. The maximum atomic E-state index is 6.73. The Balaban J connectivity index is 1.40. The SMILES string of the molecule is CC1(C)CC[C@]23CC[C@]4(C)[C@H](CC[C@@H]5[C@@]6(C)CCCNC(C)(C)[C@@H]6CC[C@]54C)[C@H]2[C@H]1OC3. The fourth-order valence-corrected chi connectivity index (χ4v) is 11.9. The number of nitrogens with one attached hydrogen (secondary N) is 1. The Kier molecular flexibility index (Phi) is 4.59. The molecule has 2 heteroatoms. The van der Waals surface area contributed by atoms with Crippen LogP contribution >= 0.6 is 0 Å². The summed E-state index contributed by atoms with van der Waals surface area (Å²) in [6, 6.07) is 0. The first kappa shape index (κ1) is 22.4. The molecule has 9 atom stereocenters. The Morgan fingerprint density at radius 2 is 1.47 bits per heavy atom. The predicted octanol–water partition coefficient (Wildman–Crippen LogP) is 7.22. The van der Waals surface area contributed by atoms with E-state index in [2.05, 4.69) is 53.8 Å². The summed E-state index contributed by atoms with van der Waals surface area (Å²) in [7, 11) is 0. The van der Waals surface area contributed by atoms with Crippen molar-refractivity contribution in [3.8, 4) is 0 Å². The van der Waals surface area contributed by atoms with Gasteiger partial charge in [-0.3, -0.25) is 0 Å². The van der Waals surface area contributed by atoms with E-state index in [0.717, 1.165) is 30.3 Å². The molecule has 4 saturated carbocycles. The minimum absolute atomic E-state index is 0.279. The van der Waals surface area contributed by atoms with Crippen LogP contribution in [0.2, 0.25) is 0 Å². The van der Waals surface area contributed by atoms with Crippen LogP contribution in [-0.2, 0) is 4.74 Å². The number of hydrogen-bond donors (Lipinski definition) is 1. The van der Waals surface area contributed by atoms with Crippen LogP contribution in [-0.4, -0.2) is 24.8 Å². The minimum Gasteiger partial charge on any atom is -0.377 e. The van der Waals surface area contributed by atoms with Crippen LogP contribution in [0.3, 0.4) is 0 Å². The van der Waals surface area contributed by atoms with E-state index < -0.39 is 0 Å². The average Bonchev–Trinajstić information content (AvgIpc) is 2.99. The van der Waals surface area contributed by atoms with Gasteiger partial charge in [0.25, 0.3) is 0 Å². The standard InChI is InChI=1S/C30H51NO/c1-25(2)14-16-30-17-15-28(6)20(23(30)24(25)32-19-30)9-10-22-27(5)12-8-18-31-26(3,4)21(27)11-13-29(22,28)7/h20-24,31H,8-19H2,1-7H3/t20-,21+,22-,23+,24-,27+,28-,29-,30-/m1/s1. The van der Waals surface area contributed by atoms with Crippen molar-refractivity contribution in [1.82, 2.24) is 5.32 Å². The van der Waals surface area contributed by atoms with E-state index in [-0.39, 0.29) is 5.54 Å². The lowest BCUT2D eigenvalue weighted by Gasteiger charge is -2.72. The zero-order valence-corrected chi connectivity index (χ0v) is 22.3. The molecular weight excluding hydrogens is 390 g/mol. The first-order valence-electron chi connectivity index (χ1n) is 14.3. The Bertz CT molecular complexity index is 788. The molecule has 6 fully saturated rings. The van der Waals surface area contributed by atoms with Gasteiger partial charge in [-0.05, 0) is 135 Å². The van der Waals surface area contributed by atoms with Gasteiger partial charge in [0.05, 0.1) is 12.7 Å². The van der Waals surface area contributed by atoms with Gasteiger partial charge in [-0.15, -0.1) is 0 Å². The molecule has 0 aromatic rings. The highest BCUT2D eigenvalue weighted by molar-refractivity contribution is 5.21. The number of ether oxygens (including phenoxy) is 1. The molecule has 0 aromatic carbocycles. The van der Waals surface area contributed by atoms with E-state index in [4.69, 9.17) is 4.74 Å². The van der Waals surface area contributed by atoms with E-state index in [0.29, 0.717) is 33.2 Å². The number of fused-ring (bicyclic) bond motifs is 5. The maximum Gasteiger partial charge on any atom is 0.0663 e. The van der Waals surface area contributed by atoms with Gasteiger partial charge in [0.2, 0.25) is 0 Å². The number of rotatable bonds is 0. The lowest BCUT2D eigenvalue weighted by atomic mass is 9.32. The highest BCUT2D eigenvalue weighted by Gasteiger charge is 2.72. The normalized spacial score (nSPS) is 58.0. The largest absolute Gasteiger partial charge is 0.377 e. The zero-order chi connectivity index (χ0) is 22.8. The third kappa shape index (κ3) is 2.56. The fourth-order valence-electron chi connectivity index (χ4n) is 11.9. The van der Waals surface area contributed by atoms with Gasteiger partial charge >= 0.3 is 0 Å². The van der Waals surface area contributed by atoms with Crippen molar-refractivity contribution in [3.05, 3.63) is 0 Å². The van der Waals surface area contributed by atoms with Gasteiger partial charge in [0.1, 0.15) is 0 Å². The number of hydrogen-bond acceptors (Lipinski definition) is 2. The van der Waals surface area contributed by atoms with Crippen LogP contribution in [0.5, 0.6) is 0 Å². The molecule has 32 heavy (non-hydrogen) atoms. The molecular formula is C30H51NO. The lowest BCUT2D eigenvalue weighted by Crippen LogP contribution is -2.67. The van der Waals surface area contributed by atoms with Gasteiger partial charge in [0.15, 0.2) is 0 Å². The van der Waals surface area contributed by atoms with Crippen molar-refractivity contribution in [2.24, 2.45) is 50.7 Å². The summed E-state index contributed by atoms with van der Waals surface area (Å²) in [4.78, 5) is 0. The summed E-state index contributed by atoms with van der Waals surface area (Å²) < 4.78 is 6.73. The van der Waals surface area contributed by atoms with E-state index in [1.807, 2.05) is 0 Å². The van der Waals surface area contributed by atoms with Gasteiger partial charge in [-0.1, -0.05) is 34.6 Å².